The molecule has 1 amide bonds. The van der Waals surface area contributed by atoms with Crippen LogP contribution in [0.5, 0.6) is 0 Å². The van der Waals surface area contributed by atoms with Crippen LogP contribution in [0.4, 0.5) is 0 Å². The number of benzene rings is 1. The zero-order chi connectivity index (χ0) is 14.4. The second-order valence-corrected chi connectivity index (χ2v) is 5.09. The maximum atomic E-state index is 12.3. The van der Waals surface area contributed by atoms with Crippen molar-refractivity contribution in [1.29, 1.82) is 5.26 Å². The summed E-state index contributed by atoms with van der Waals surface area (Å²) in [5, 5.41) is 11.7. The third-order valence-corrected chi connectivity index (χ3v) is 3.86. The van der Waals surface area contributed by atoms with E-state index in [1.165, 1.54) is 0 Å². The van der Waals surface area contributed by atoms with Gasteiger partial charge < -0.3 is 15.8 Å². The Morgan fingerprint density at radius 1 is 1.35 bits per heavy atom. The van der Waals surface area contributed by atoms with Gasteiger partial charge in [-0.15, -0.1) is 0 Å². The van der Waals surface area contributed by atoms with E-state index in [0.29, 0.717) is 44.7 Å². The fourth-order valence-corrected chi connectivity index (χ4v) is 2.35. The first-order valence-electron chi connectivity index (χ1n) is 6.75. The van der Waals surface area contributed by atoms with E-state index in [2.05, 4.69) is 11.4 Å². The Kier molecular flexibility index (Phi) is 4.72. The van der Waals surface area contributed by atoms with Crippen LogP contribution in [0, 0.1) is 16.7 Å². The lowest BCUT2D eigenvalue weighted by Gasteiger charge is -2.34. The van der Waals surface area contributed by atoms with Gasteiger partial charge in [-0.2, -0.15) is 5.26 Å². The first-order chi connectivity index (χ1) is 9.70. The van der Waals surface area contributed by atoms with Gasteiger partial charge >= 0.3 is 0 Å². The fraction of sp³-hybridized carbons (Fsp3) is 0.467. The van der Waals surface area contributed by atoms with Crippen molar-refractivity contribution in [2.24, 2.45) is 11.1 Å². The molecule has 0 spiro atoms. The van der Waals surface area contributed by atoms with Gasteiger partial charge in [-0.05, 0) is 30.5 Å². The summed E-state index contributed by atoms with van der Waals surface area (Å²) in [5.41, 5.74) is 6.88. The van der Waals surface area contributed by atoms with Crippen LogP contribution >= 0.6 is 0 Å². The number of nitrogens with zero attached hydrogens (tertiary/aromatic N) is 1. The van der Waals surface area contributed by atoms with Crippen molar-refractivity contribution in [3.63, 3.8) is 0 Å². The average Bonchev–Trinajstić information content (AvgIpc) is 2.53. The lowest BCUT2D eigenvalue weighted by atomic mass is 9.79. The average molecular weight is 273 g/mol. The molecule has 1 aromatic rings. The molecule has 0 bridgehead atoms. The summed E-state index contributed by atoms with van der Waals surface area (Å²) in [7, 11) is 0. The number of hydrogen-bond donors (Lipinski definition) is 2. The lowest BCUT2D eigenvalue weighted by molar-refractivity contribution is -0.136. The van der Waals surface area contributed by atoms with E-state index >= 15 is 0 Å². The largest absolute Gasteiger partial charge is 0.381 e. The van der Waals surface area contributed by atoms with Crippen LogP contribution in [0.3, 0.4) is 0 Å². The van der Waals surface area contributed by atoms with Crippen molar-refractivity contribution >= 4 is 5.91 Å². The Morgan fingerprint density at radius 3 is 2.55 bits per heavy atom. The summed E-state index contributed by atoms with van der Waals surface area (Å²) in [5.74, 6) is -0.00680. The number of rotatable bonds is 4. The standard InChI is InChI=1S/C15H19N3O2/c16-9-12-1-3-13(4-2-12)10-18-14(19)15(11-17)5-7-20-8-6-15/h1-4H,5-8,10-11,17H2,(H,18,19). The summed E-state index contributed by atoms with van der Waals surface area (Å²) in [6.45, 7) is 1.96. The smallest absolute Gasteiger partial charge is 0.227 e. The zero-order valence-electron chi connectivity index (χ0n) is 11.4. The van der Waals surface area contributed by atoms with E-state index in [-0.39, 0.29) is 5.91 Å². The predicted octanol–water partition coefficient (Wildman–Crippen LogP) is 0.930. The lowest BCUT2D eigenvalue weighted by Crippen LogP contribution is -2.48. The minimum atomic E-state index is -0.495. The number of carbonyl (C=O) groups is 1. The maximum absolute atomic E-state index is 12.3. The first-order valence-corrected chi connectivity index (χ1v) is 6.75. The molecule has 0 radical (unpaired) electrons. The summed E-state index contributed by atoms with van der Waals surface area (Å²) in [6, 6.07) is 9.25. The van der Waals surface area contributed by atoms with Gasteiger partial charge in [0.15, 0.2) is 0 Å². The molecule has 1 heterocycles. The first kappa shape index (κ1) is 14.5. The predicted molar refractivity (Wildman–Crippen MR) is 74.5 cm³/mol. The molecule has 2 rings (SSSR count). The van der Waals surface area contributed by atoms with E-state index in [9.17, 15) is 4.79 Å². The van der Waals surface area contributed by atoms with Crippen LogP contribution in [0.1, 0.15) is 24.0 Å². The van der Waals surface area contributed by atoms with E-state index in [1.54, 1.807) is 12.1 Å². The molecule has 0 aliphatic carbocycles. The molecule has 5 nitrogen and oxygen atoms in total. The molecule has 1 saturated heterocycles. The third kappa shape index (κ3) is 3.16. The molecule has 3 N–H and O–H groups in total. The highest BCUT2D eigenvalue weighted by Gasteiger charge is 2.38. The molecule has 0 saturated carbocycles. The highest BCUT2D eigenvalue weighted by Crippen LogP contribution is 2.29. The van der Waals surface area contributed by atoms with E-state index in [1.807, 2.05) is 12.1 Å². The number of nitriles is 1. The van der Waals surface area contributed by atoms with Crippen molar-refractivity contribution in [2.75, 3.05) is 19.8 Å². The summed E-state index contributed by atoms with van der Waals surface area (Å²) in [4.78, 5) is 12.3. The fourth-order valence-electron chi connectivity index (χ4n) is 2.35. The topological polar surface area (TPSA) is 88.1 Å². The van der Waals surface area contributed by atoms with Crippen molar-refractivity contribution in [2.45, 2.75) is 19.4 Å². The van der Waals surface area contributed by atoms with Gasteiger partial charge in [-0.25, -0.2) is 0 Å². The molecule has 1 aliphatic heterocycles. The van der Waals surface area contributed by atoms with Crippen molar-refractivity contribution in [3.05, 3.63) is 35.4 Å². The second kappa shape index (κ2) is 6.51. The normalized spacial score (nSPS) is 17.2. The van der Waals surface area contributed by atoms with E-state index < -0.39 is 5.41 Å². The molecule has 5 heteroatoms. The molecule has 0 unspecified atom stereocenters. The molecule has 1 fully saturated rings. The molecular weight excluding hydrogens is 254 g/mol. The molecule has 1 aliphatic rings. The van der Waals surface area contributed by atoms with Gasteiger partial charge in [0.05, 0.1) is 17.0 Å². The quantitative estimate of drug-likeness (QED) is 0.854. The van der Waals surface area contributed by atoms with Crippen molar-refractivity contribution < 1.29 is 9.53 Å². The maximum Gasteiger partial charge on any atom is 0.227 e. The number of hydrogen-bond acceptors (Lipinski definition) is 4. The highest BCUT2D eigenvalue weighted by atomic mass is 16.5. The van der Waals surface area contributed by atoms with Crippen molar-refractivity contribution in [1.82, 2.24) is 5.32 Å². The van der Waals surface area contributed by atoms with Crippen LogP contribution in [0.25, 0.3) is 0 Å². The van der Waals surface area contributed by atoms with Gasteiger partial charge in [0.2, 0.25) is 5.91 Å². The summed E-state index contributed by atoms with van der Waals surface area (Å²) >= 11 is 0. The van der Waals surface area contributed by atoms with Gasteiger partial charge in [0, 0.05) is 26.3 Å². The molecule has 20 heavy (non-hydrogen) atoms. The minimum Gasteiger partial charge on any atom is -0.381 e. The Morgan fingerprint density at radius 2 is 2.00 bits per heavy atom. The van der Waals surface area contributed by atoms with E-state index in [4.69, 9.17) is 15.7 Å². The third-order valence-electron chi connectivity index (χ3n) is 3.86. The van der Waals surface area contributed by atoms with Crippen LogP contribution in [0.15, 0.2) is 24.3 Å². The zero-order valence-corrected chi connectivity index (χ0v) is 11.4. The molecule has 106 valence electrons. The van der Waals surface area contributed by atoms with Gasteiger partial charge in [0.1, 0.15) is 0 Å². The number of carbonyl (C=O) groups excluding carboxylic acids is 1. The molecule has 0 atom stereocenters. The van der Waals surface area contributed by atoms with Gasteiger partial charge in [-0.3, -0.25) is 4.79 Å². The Balaban J connectivity index is 1.95. The summed E-state index contributed by atoms with van der Waals surface area (Å²) in [6.07, 6.45) is 1.34. The molecule has 0 aromatic heterocycles. The van der Waals surface area contributed by atoms with E-state index in [0.717, 1.165) is 5.56 Å². The Bertz CT molecular complexity index is 499. The number of ether oxygens (including phenoxy) is 1. The van der Waals surface area contributed by atoms with Crippen LogP contribution < -0.4 is 11.1 Å². The Labute approximate surface area is 118 Å². The van der Waals surface area contributed by atoms with Crippen LogP contribution in [0.2, 0.25) is 0 Å². The van der Waals surface area contributed by atoms with Crippen LogP contribution in [-0.4, -0.2) is 25.7 Å². The number of nitrogens with one attached hydrogen (secondary N) is 1. The van der Waals surface area contributed by atoms with Gasteiger partial charge in [-0.1, -0.05) is 12.1 Å². The van der Waals surface area contributed by atoms with Crippen LogP contribution in [-0.2, 0) is 16.1 Å². The number of amides is 1. The van der Waals surface area contributed by atoms with Crippen molar-refractivity contribution in [3.8, 4) is 6.07 Å². The Hall–Kier alpha value is -1.90. The minimum absolute atomic E-state index is 0.00680. The second-order valence-electron chi connectivity index (χ2n) is 5.09. The molecular formula is C15H19N3O2. The summed E-state index contributed by atoms with van der Waals surface area (Å²) < 4.78 is 5.30. The highest BCUT2D eigenvalue weighted by molar-refractivity contribution is 5.83. The van der Waals surface area contributed by atoms with Gasteiger partial charge in [0.25, 0.3) is 0 Å². The SMILES string of the molecule is N#Cc1ccc(CNC(=O)C2(CN)CCOCC2)cc1. The number of nitrogens with two attached hydrogens (primary N) is 1. The molecule has 1 aromatic carbocycles. The monoisotopic (exact) mass is 273 g/mol.